The Hall–Kier alpha value is -1.09. The predicted molar refractivity (Wildman–Crippen MR) is 79.1 cm³/mol. The van der Waals surface area contributed by atoms with E-state index in [1.807, 2.05) is 6.20 Å². The molecule has 1 rings (SSSR count). The van der Waals surface area contributed by atoms with Crippen molar-refractivity contribution in [1.29, 1.82) is 0 Å². The van der Waals surface area contributed by atoms with Crippen LogP contribution in [0.15, 0.2) is 18.3 Å². The van der Waals surface area contributed by atoms with E-state index >= 15 is 0 Å². The van der Waals surface area contributed by atoms with E-state index in [1.165, 1.54) is 5.69 Å². The quantitative estimate of drug-likeness (QED) is 0.868. The fraction of sp³-hybridized carbons (Fsp3) is 0.667. The highest BCUT2D eigenvalue weighted by Crippen LogP contribution is 2.20. The van der Waals surface area contributed by atoms with E-state index in [4.69, 9.17) is 0 Å². The minimum Gasteiger partial charge on any atom is -0.373 e. The van der Waals surface area contributed by atoms with Gasteiger partial charge in [0, 0.05) is 19.6 Å². The maximum absolute atomic E-state index is 4.54. The average Bonchev–Trinajstić information content (AvgIpc) is 2.27. The summed E-state index contributed by atoms with van der Waals surface area (Å²) in [6.07, 6.45) is 1.97. The second-order valence-corrected chi connectivity index (χ2v) is 6.14. The second-order valence-electron chi connectivity index (χ2n) is 6.14. The Bertz CT molecular complexity index is 351. The molecule has 1 aromatic rings. The van der Waals surface area contributed by atoms with Crippen LogP contribution in [0.3, 0.4) is 0 Å². The zero-order valence-corrected chi connectivity index (χ0v) is 12.6. The fourth-order valence-electron chi connectivity index (χ4n) is 2.09. The van der Waals surface area contributed by atoms with Crippen LogP contribution < -0.4 is 10.2 Å². The topological polar surface area (TPSA) is 28.2 Å². The molecular formula is C15H27N3. The molecule has 3 heteroatoms. The molecule has 0 spiro atoms. The fourth-order valence-corrected chi connectivity index (χ4v) is 2.09. The summed E-state index contributed by atoms with van der Waals surface area (Å²) in [5, 5.41) is 3.37. The maximum Gasteiger partial charge on any atom is 0.0572 e. The standard InChI is InChI=1S/C15H27N3/c1-7-16-12(2)14-9-8-13(10-17-14)18(6)11-15(3,4)5/h8-10,12,16H,7,11H2,1-6H3. The van der Waals surface area contributed by atoms with E-state index in [1.54, 1.807) is 0 Å². The molecule has 0 saturated carbocycles. The van der Waals surface area contributed by atoms with Crippen molar-refractivity contribution < 1.29 is 0 Å². The highest BCUT2D eigenvalue weighted by atomic mass is 15.1. The summed E-state index contributed by atoms with van der Waals surface area (Å²) < 4.78 is 0. The lowest BCUT2D eigenvalue weighted by Crippen LogP contribution is -2.29. The Morgan fingerprint density at radius 1 is 1.33 bits per heavy atom. The number of rotatable bonds is 5. The monoisotopic (exact) mass is 249 g/mol. The Labute approximate surface area is 112 Å². The van der Waals surface area contributed by atoms with Gasteiger partial charge in [0.2, 0.25) is 0 Å². The highest BCUT2D eigenvalue weighted by Gasteiger charge is 2.14. The lowest BCUT2D eigenvalue weighted by Gasteiger charge is -2.28. The Balaban J connectivity index is 2.70. The van der Waals surface area contributed by atoms with Gasteiger partial charge in [-0.15, -0.1) is 0 Å². The first-order chi connectivity index (χ1) is 8.33. The molecule has 1 unspecified atom stereocenters. The first-order valence-electron chi connectivity index (χ1n) is 6.74. The lowest BCUT2D eigenvalue weighted by atomic mass is 9.96. The summed E-state index contributed by atoms with van der Waals surface area (Å²) in [5.41, 5.74) is 2.58. The second kappa shape index (κ2) is 6.19. The third-order valence-electron chi connectivity index (χ3n) is 2.88. The van der Waals surface area contributed by atoms with Gasteiger partial charge in [-0.2, -0.15) is 0 Å². The molecule has 0 aliphatic rings. The van der Waals surface area contributed by atoms with Gasteiger partial charge < -0.3 is 10.2 Å². The molecule has 1 N–H and O–H groups in total. The van der Waals surface area contributed by atoms with Crippen molar-refractivity contribution in [3.8, 4) is 0 Å². The van der Waals surface area contributed by atoms with Crippen molar-refractivity contribution in [2.45, 2.75) is 40.7 Å². The van der Waals surface area contributed by atoms with Crippen LogP contribution in [-0.2, 0) is 0 Å². The van der Waals surface area contributed by atoms with Crippen molar-refractivity contribution in [2.24, 2.45) is 5.41 Å². The maximum atomic E-state index is 4.54. The number of nitrogens with one attached hydrogen (secondary N) is 1. The molecule has 1 heterocycles. The zero-order chi connectivity index (χ0) is 13.8. The zero-order valence-electron chi connectivity index (χ0n) is 12.6. The number of pyridine rings is 1. The van der Waals surface area contributed by atoms with Gasteiger partial charge in [-0.1, -0.05) is 27.7 Å². The summed E-state index contributed by atoms with van der Waals surface area (Å²) in [5.74, 6) is 0. The highest BCUT2D eigenvalue weighted by molar-refractivity contribution is 5.44. The minimum absolute atomic E-state index is 0.296. The molecule has 0 fully saturated rings. The molecular weight excluding hydrogens is 222 g/mol. The van der Waals surface area contributed by atoms with Crippen LogP contribution >= 0.6 is 0 Å². The third-order valence-corrected chi connectivity index (χ3v) is 2.88. The van der Waals surface area contributed by atoms with Gasteiger partial charge >= 0.3 is 0 Å². The van der Waals surface area contributed by atoms with Crippen molar-refractivity contribution in [3.05, 3.63) is 24.0 Å². The van der Waals surface area contributed by atoms with E-state index in [0.29, 0.717) is 11.5 Å². The molecule has 0 aliphatic carbocycles. The van der Waals surface area contributed by atoms with Crippen LogP contribution in [0.1, 0.15) is 46.4 Å². The van der Waals surface area contributed by atoms with E-state index in [2.05, 4.69) is 69.0 Å². The van der Waals surface area contributed by atoms with Crippen LogP contribution in [0.2, 0.25) is 0 Å². The molecule has 102 valence electrons. The molecule has 3 nitrogen and oxygen atoms in total. The minimum atomic E-state index is 0.296. The van der Waals surface area contributed by atoms with Gasteiger partial charge in [0.05, 0.1) is 17.6 Å². The van der Waals surface area contributed by atoms with Gasteiger partial charge in [0.15, 0.2) is 0 Å². The normalized spacial score (nSPS) is 13.4. The summed E-state index contributed by atoms with van der Waals surface area (Å²) in [6.45, 7) is 13.0. The van der Waals surface area contributed by atoms with Crippen molar-refractivity contribution in [1.82, 2.24) is 10.3 Å². The predicted octanol–water partition coefficient (Wildman–Crippen LogP) is 3.23. The molecule has 0 bridgehead atoms. The molecule has 0 radical (unpaired) electrons. The Morgan fingerprint density at radius 3 is 2.44 bits per heavy atom. The van der Waals surface area contributed by atoms with E-state index < -0.39 is 0 Å². The summed E-state index contributed by atoms with van der Waals surface area (Å²) in [7, 11) is 2.12. The molecule has 18 heavy (non-hydrogen) atoms. The molecule has 1 atom stereocenters. The SMILES string of the molecule is CCNC(C)c1ccc(N(C)CC(C)(C)C)cn1. The van der Waals surface area contributed by atoms with Gasteiger partial charge in [0.25, 0.3) is 0 Å². The Kier molecular flexibility index (Phi) is 5.15. The van der Waals surface area contributed by atoms with Crippen LogP contribution in [-0.4, -0.2) is 25.1 Å². The van der Waals surface area contributed by atoms with Crippen molar-refractivity contribution in [3.63, 3.8) is 0 Å². The summed E-state index contributed by atoms with van der Waals surface area (Å²) in [6, 6.07) is 4.58. The molecule has 0 aliphatic heterocycles. The number of aromatic nitrogens is 1. The van der Waals surface area contributed by atoms with Gasteiger partial charge in [-0.3, -0.25) is 4.98 Å². The van der Waals surface area contributed by atoms with Gasteiger partial charge in [-0.25, -0.2) is 0 Å². The largest absolute Gasteiger partial charge is 0.373 e. The first kappa shape index (κ1) is 15.0. The number of hydrogen-bond acceptors (Lipinski definition) is 3. The van der Waals surface area contributed by atoms with Crippen LogP contribution in [0.4, 0.5) is 5.69 Å². The average molecular weight is 249 g/mol. The van der Waals surface area contributed by atoms with Crippen LogP contribution in [0, 0.1) is 5.41 Å². The van der Waals surface area contributed by atoms with Gasteiger partial charge in [-0.05, 0) is 31.0 Å². The number of hydrogen-bond donors (Lipinski definition) is 1. The van der Waals surface area contributed by atoms with Crippen LogP contribution in [0.5, 0.6) is 0 Å². The molecule has 0 amide bonds. The lowest BCUT2D eigenvalue weighted by molar-refractivity contribution is 0.419. The molecule has 1 aromatic heterocycles. The smallest absolute Gasteiger partial charge is 0.0572 e. The van der Waals surface area contributed by atoms with Crippen molar-refractivity contribution >= 4 is 5.69 Å². The van der Waals surface area contributed by atoms with Gasteiger partial charge in [0.1, 0.15) is 0 Å². The molecule has 0 aromatic carbocycles. The third kappa shape index (κ3) is 4.65. The molecule has 0 saturated heterocycles. The Morgan fingerprint density at radius 2 is 2.00 bits per heavy atom. The summed E-state index contributed by atoms with van der Waals surface area (Å²) >= 11 is 0. The number of anilines is 1. The van der Waals surface area contributed by atoms with E-state index in [9.17, 15) is 0 Å². The number of nitrogens with zero attached hydrogens (tertiary/aromatic N) is 2. The van der Waals surface area contributed by atoms with Crippen LogP contribution in [0.25, 0.3) is 0 Å². The summed E-state index contributed by atoms with van der Waals surface area (Å²) in [4.78, 5) is 6.80. The van der Waals surface area contributed by atoms with E-state index in [-0.39, 0.29) is 0 Å². The van der Waals surface area contributed by atoms with Crippen molar-refractivity contribution in [2.75, 3.05) is 25.0 Å². The van der Waals surface area contributed by atoms with E-state index in [0.717, 1.165) is 18.8 Å². The first-order valence-corrected chi connectivity index (χ1v) is 6.74.